The largest absolute Gasteiger partial charge is 0.447 e. The summed E-state index contributed by atoms with van der Waals surface area (Å²) in [5, 5.41) is 24.3. The first-order valence-corrected chi connectivity index (χ1v) is 16.1. The van der Waals surface area contributed by atoms with Gasteiger partial charge in [-0.05, 0) is 54.2 Å². The summed E-state index contributed by atoms with van der Waals surface area (Å²) in [6, 6.07) is 9.72. The highest BCUT2D eigenvalue weighted by Crippen LogP contribution is 2.39. The van der Waals surface area contributed by atoms with Crippen molar-refractivity contribution in [1.29, 1.82) is 5.41 Å². The van der Waals surface area contributed by atoms with Crippen molar-refractivity contribution >= 4 is 29.6 Å². The van der Waals surface area contributed by atoms with Crippen LogP contribution in [0.2, 0.25) is 5.02 Å². The van der Waals surface area contributed by atoms with Crippen molar-refractivity contribution in [3.05, 3.63) is 89.5 Å². The van der Waals surface area contributed by atoms with Crippen molar-refractivity contribution in [3.63, 3.8) is 0 Å². The third-order valence-electron chi connectivity index (χ3n) is 8.27. The van der Waals surface area contributed by atoms with Gasteiger partial charge in [0, 0.05) is 17.3 Å². The number of alkyl carbamates (subject to hydrolysis) is 1. The molecule has 4 N–H and O–H groups in total. The SMILES string of the molecule is CC(C)(C)/C=C/[C@]1(c2ccc(-c3cnn(C(F)F)c3)cc2)NC(=N)N([C@H](COC(=O)NC(C)(C)C(F)(F)F)c2ccc(Cl)c(-c3ncn[nH]3)c2)C1=O. The molecule has 18 heteroatoms. The van der Waals surface area contributed by atoms with Crippen molar-refractivity contribution < 1.29 is 36.3 Å². The van der Waals surface area contributed by atoms with Crippen LogP contribution in [0.4, 0.5) is 26.7 Å². The number of benzene rings is 2. The Balaban J connectivity index is 1.57. The minimum atomic E-state index is -4.80. The summed E-state index contributed by atoms with van der Waals surface area (Å²) in [6.07, 6.45) is 0.879. The Morgan fingerprint density at radius 1 is 1.10 bits per heavy atom. The Morgan fingerprint density at radius 2 is 1.79 bits per heavy atom. The van der Waals surface area contributed by atoms with E-state index in [0.717, 1.165) is 18.7 Å². The van der Waals surface area contributed by atoms with Gasteiger partial charge in [-0.1, -0.05) is 68.8 Å². The number of carbonyl (C=O) groups excluding carboxylic acids is 2. The predicted molar refractivity (Wildman–Crippen MR) is 181 cm³/mol. The summed E-state index contributed by atoms with van der Waals surface area (Å²) in [6.45, 7) is 3.73. The number of nitrogens with one attached hydrogen (secondary N) is 4. The smallest absolute Gasteiger partial charge is 0.411 e. The second-order valence-corrected chi connectivity index (χ2v) is 14.1. The van der Waals surface area contributed by atoms with Crippen LogP contribution in [0.1, 0.15) is 58.3 Å². The average molecular weight is 748 g/mol. The van der Waals surface area contributed by atoms with E-state index in [4.69, 9.17) is 21.7 Å². The van der Waals surface area contributed by atoms with Crippen LogP contribution in [0.3, 0.4) is 0 Å². The van der Waals surface area contributed by atoms with E-state index in [2.05, 4.69) is 25.6 Å². The van der Waals surface area contributed by atoms with Crippen LogP contribution in [-0.4, -0.2) is 66.1 Å². The molecular weight excluding hydrogens is 713 g/mol. The first kappa shape index (κ1) is 37.9. The molecule has 0 radical (unpaired) electrons. The van der Waals surface area contributed by atoms with Gasteiger partial charge in [0.1, 0.15) is 18.5 Å². The Hall–Kier alpha value is -5.32. The summed E-state index contributed by atoms with van der Waals surface area (Å²) in [7, 11) is 0. The van der Waals surface area contributed by atoms with Crippen LogP contribution in [0.5, 0.6) is 0 Å². The maximum atomic E-state index is 14.8. The number of alkyl halides is 5. The van der Waals surface area contributed by atoms with Crippen LogP contribution < -0.4 is 10.6 Å². The number of ether oxygens (including phenoxy) is 1. The molecule has 1 saturated heterocycles. The lowest BCUT2D eigenvalue weighted by Gasteiger charge is -2.31. The number of nitrogens with zero attached hydrogens (tertiary/aromatic N) is 5. The van der Waals surface area contributed by atoms with Gasteiger partial charge in [-0.15, -0.1) is 0 Å². The number of hydrogen-bond donors (Lipinski definition) is 4. The fourth-order valence-corrected chi connectivity index (χ4v) is 5.50. The van der Waals surface area contributed by atoms with Gasteiger partial charge in [0.25, 0.3) is 5.91 Å². The molecule has 1 fully saturated rings. The fraction of sp³-hybridized carbons (Fsp3) is 0.353. The lowest BCUT2D eigenvalue weighted by Crippen LogP contribution is -2.54. The lowest BCUT2D eigenvalue weighted by molar-refractivity contribution is -0.183. The predicted octanol–water partition coefficient (Wildman–Crippen LogP) is 7.36. The molecule has 2 aromatic heterocycles. The minimum absolute atomic E-state index is 0.243. The molecule has 1 aliphatic rings. The Labute approximate surface area is 299 Å². The van der Waals surface area contributed by atoms with E-state index in [0.29, 0.717) is 32.5 Å². The molecule has 2 atom stereocenters. The third kappa shape index (κ3) is 7.78. The van der Waals surface area contributed by atoms with Crippen molar-refractivity contribution in [2.24, 2.45) is 5.41 Å². The molecule has 4 aromatic rings. The Kier molecular flexibility index (Phi) is 10.2. The van der Waals surface area contributed by atoms with E-state index in [1.807, 2.05) is 20.8 Å². The molecule has 2 amide bonds. The molecule has 5 rings (SSSR count). The quantitative estimate of drug-likeness (QED) is 0.0977. The van der Waals surface area contributed by atoms with Crippen LogP contribution in [0, 0.1) is 10.8 Å². The van der Waals surface area contributed by atoms with Gasteiger partial charge in [0.2, 0.25) is 0 Å². The summed E-state index contributed by atoms with van der Waals surface area (Å²) in [4.78, 5) is 32.7. The molecule has 12 nitrogen and oxygen atoms in total. The van der Waals surface area contributed by atoms with Crippen molar-refractivity contribution in [3.8, 4) is 22.5 Å². The molecule has 0 spiro atoms. The Morgan fingerprint density at radius 3 is 2.37 bits per heavy atom. The topological polar surface area (TPSA) is 154 Å². The van der Waals surface area contributed by atoms with Gasteiger partial charge < -0.3 is 15.4 Å². The van der Waals surface area contributed by atoms with Gasteiger partial charge in [-0.2, -0.15) is 32.1 Å². The van der Waals surface area contributed by atoms with Crippen molar-refractivity contribution in [2.45, 2.75) is 64.5 Å². The van der Waals surface area contributed by atoms with Crippen molar-refractivity contribution in [1.82, 2.24) is 40.5 Å². The number of guanidine groups is 1. The fourth-order valence-electron chi connectivity index (χ4n) is 5.29. The normalized spacial score (nSPS) is 17.6. The second kappa shape index (κ2) is 14.0. The zero-order valence-corrected chi connectivity index (χ0v) is 29.3. The molecule has 2 aromatic carbocycles. The van der Waals surface area contributed by atoms with Crippen LogP contribution in [0.15, 0.2) is 73.3 Å². The highest BCUT2D eigenvalue weighted by Gasteiger charge is 2.53. The van der Waals surface area contributed by atoms with Gasteiger partial charge in [-0.25, -0.2) is 14.5 Å². The highest BCUT2D eigenvalue weighted by atomic mass is 35.5. The lowest BCUT2D eigenvalue weighted by atomic mass is 9.84. The molecule has 0 unspecified atom stereocenters. The number of allylic oxidation sites excluding steroid dienone is 1. The Bertz CT molecular complexity index is 1970. The number of aromatic nitrogens is 5. The maximum Gasteiger partial charge on any atom is 0.411 e. The molecule has 3 heterocycles. The summed E-state index contributed by atoms with van der Waals surface area (Å²) < 4.78 is 72.8. The third-order valence-corrected chi connectivity index (χ3v) is 8.60. The highest BCUT2D eigenvalue weighted by molar-refractivity contribution is 6.33. The van der Waals surface area contributed by atoms with Gasteiger partial charge >= 0.3 is 18.8 Å². The van der Waals surface area contributed by atoms with Gasteiger partial charge in [0.15, 0.2) is 17.3 Å². The molecular formula is C34H35ClF5N9O3. The average Bonchev–Trinajstić information content (AvgIpc) is 3.82. The second-order valence-electron chi connectivity index (χ2n) is 13.7. The molecule has 52 heavy (non-hydrogen) atoms. The standard InChI is InChI=1S/C34H35ClF5N9O3/c1-31(2,3)12-13-33(22-9-6-19(7-10-22)21-15-44-48(16-21)28(36)37)27(50)49(29(41)45-33)25(17-52-30(51)46-32(4,5)34(38,39)40)20-8-11-24(35)23(14-20)26-42-18-43-47-26/h6-16,18,25,28H,17H2,1-5H3,(H2,41,45)(H,46,51)(H,42,43,47)/b13-12+/t25-,33-/m1/s1. The number of H-pyrrole nitrogens is 1. The summed E-state index contributed by atoms with van der Waals surface area (Å²) in [5.41, 5.74) is -2.84. The van der Waals surface area contributed by atoms with E-state index in [1.54, 1.807) is 41.7 Å². The van der Waals surface area contributed by atoms with Crippen molar-refractivity contribution in [2.75, 3.05) is 6.61 Å². The first-order chi connectivity index (χ1) is 24.2. The number of carbonyl (C=O) groups is 2. The molecule has 0 aliphatic carbocycles. The number of rotatable bonds is 10. The van der Waals surface area contributed by atoms with E-state index in [9.17, 15) is 31.5 Å². The molecule has 0 saturated carbocycles. The first-order valence-electron chi connectivity index (χ1n) is 15.7. The monoisotopic (exact) mass is 747 g/mol. The van der Waals surface area contributed by atoms with Crippen LogP contribution in [-0.2, 0) is 15.1 Å². The number of hydrogen-bond acceptors (Lipinski definition) is 7. The molecule has 276 valence electrons. The molecule has 1 aliphatic heterocycles. The zero-order valence-electron chi connectivity index (χ0n) is 28.5. The zero-order chi connectivity index (χ0) is 38.2. The van der Waals surface area contributed by atoms with E-state index in [-0.39, 0.29) is 10.8 Å². The van der Waals surface area contributed by atoms with Gasteiger partial charge in [0.05, 0.1) is 17.3 Å². The minimum Gasteiger partial charge on any atom is -0.447 e. The number of amides is 2. The van der Waals surface area contributed by atoms with Gasteiger partial charge in [-0.3, -0.25) is 20.2 Å². The summed E-state index contributed by atoms with van der Waals surface area (Å²) >= 11 is 6.46. The summed E-state index contributed by atoms with van der Waals surface area (Å²) in [5.74, 6) is -0.831. The van der Waals surface area contributed by atoms with Crippen LogP contribution in [0.25, 0.3) is 22.5 Å². The van der Waals surface area contributed by atoms with E-state index in [1.165, 1.54) is 36.9 Å². The molecule has 0 bridgehead atoms. The number of aromatic amines is 1. The van der Waals surface area contributed by atoms with E-state index < -0.39 is 59.8 Å². The number of halogens is 6. The van der Waals surface area contributed by atoms with E-state index >= 15 is 0 Å². The maximum absolute atomic E-state index is 14.8. The van der Waals surface area contributed by atoms with Crippen LogP contribution >= 0.6 is 11.6 Å².